The van der Waals surface area contributed by atoms with Gasteiger partial charge in [0.1, 0.15) is 0 Å². The first-order valence-corrected chi connectivity index (χ1v) is 8.25. The standard InChI is InChI=1S/C16H17NO2S/c1-11(2)20(18,19)17-14-7-8-16-13(10-14)9-12-5-3-4-6-15(12)16/h3-8,10-11,17H,9H2,1-2H3. The van der Waals surface area contributed by atoms with Crippen LogP contribution in [0.15, 0.2) is 42.5 Å². The topological polar surface area (TPSA) is 46.2 Å². The molecule has 2 aromatic rings. The molecule has 0 spiro atoms. The maximum Gasteiger partial charge on any atom is 0.235 e. The molecule has 104 valence electrons. The highest BCUT2D eigenvalue weighted by atomic mass is 32.2. The third kappa shape index (κ3) is 2.20. The van der Waals surface area contributed by atoms with Crippen LogP contribution in [0.4, 0.5) is 5.69 Å². The number of anilines is 1. The number of nitrogens with one attached hydrogen (secondary N) is 1. The fraction of sp³-hybridized carbons (Fsp3) is 0.250. The van der Waals surface area contributed by atoms with E-state index in [1.54, 1.807) is 13.8 Å². The zero-order chi connectivity index (χ0) is 14.3. The largest absolute Gasteiger partial charge is 0.283 e. The highest BCUT2D eigenvalue weighted by molar-refractivity contribution is 7.93. The molecule has 3 nitrogen and oxygen atoms in total. The molecule has 0 aliphatic heterocycles. The number of sulfonamides is 1. The summed E-state index contributed by atoms with van der Waals surface area (Å²) >= 11 is 0. The molecule has 0 atom stereocenters. The van der Waals surface area contributed by atoms with Crippen molar-refractivity contribution in [3.8, 4) is 11.1 Å². The van der Waals surface area contributed by atoms with E-state index in [1.807, 2.05) is 30.3 Å². The maximum absolute atomic E-state index is 11.9. The van der Waals surface area contributed by atoms with Gasteiger partial charge in [0.15, 0.2) is 0 Å². The Balaban J connectivity index is 1.96. The third-order valence-corrected chi connectivity index (χ3v) is 5.44. The molecule has 0 saturated carbocycles. The van der Waals surface area contributed by atoms with Crippen LogP contribution in [0.1, 0.15) is 25.0 Å². The lowest BCUT2D eigenvalue weighted by atomic mass is 10.1. The minimum atomic E-state index is -3.29. The Kier molecular flexibility index (Phi) is 3.05. The van der Waals surface area contributed by atoms with Crippen LogP contribution in [0.5, 0.6) is 0 Å². The van der Waals surface area contributed by atoms with Gasteiger partial charge >= 0.3 is 0 Å². The minimum Gasteiger partial charge on any atom is -0.283 e. The van der Waals surface area contributed by atoms with Crippen molar-refractivity contribution in [2.45, 2.75) is 25.5 Å². The van der Waals surface area contributed by atoms with E-state index in [9.17, 15) is 8.42 Å². The lowest BCUT2D eigenvalue weighted by Crippen LogP contribution is -2.22. The molecule has 4 heteroatoms. The lowest BCUT2D eigenvalue weighted by Gasteiger charge is -2.12. The van der Waals surface area contributed by atoms with Gasteiger partial charge in [-0.25, -0.2) is 8.42 Å². The zero-order valence-corrected chi connectivity index (χ0v) is 12.4. The van der Waals surface area contributed by atoms with Crippen molar-refractivity contribution in [3.63, 3.8) is 0 Å². The predicted molar refractivity (Wildman–Crippen MR) is 82.4 cm³/mol. The van der Waals surface area contributed by atoms with Crippen LogP contribution < -0.4 is 4.72 Å². The zero-order valence-electron chi connectivity index (χ0n) is 11.6. The SMILES string of the molecule is CC(C)S(=O)(=O)Nc1ccc2c(c1)Cc1ccccc1-2. The summed E-state index contributed by atoms with van der Waals surface area (Å²) in [6.45, 7) is 3.34. The van der Waals surface area contributed by atoms with Gasteiger partial charge in [0.2, 0.25) is 10.0 Å². The van der Waals surface area contributed by atoms with Crippen LogP contribution in [-0.2, 0) is 16.4 Å². The van der Waals surface area contributed by atoms with Gasteiger partial charge in [-0.15, -0.1) is 0 Å². The van der Waals surface area contributed by atoms with Crippen LogP contribution in [0, 0.1) is 0 Å². The summed E-state index contributed by atoms with van der Waals surface area (Å²) in [5, 5.41) is -0.437. The van der Waals surface area contributed by atoms with E-state index in [2.05, 4.69) is 16.9 Å². The van der Waals surface area contributed by atoms with Crippen molar-refractivity contribution in [2.75, 3.05) is 4.72 Å². The molecule has 0 bridgehead atoms. The van der Waals surface area contributed by atoms with Gasteiger partial charge in [0.05, 0.1) is 5.25 Å². The summed E-state index contributed by atoms with van der Waals surface area (Å²) in [6, 6.07) is 14.1. The van der Waals surface area contributed by atoms with Crippen LogP contribution in [0.25, 0.3) is 11.1 Å². The summed E-state index contributed by atoms with van der Waals surface area (Å²) < 4.78 is 26.5. The van der Waals surface area contributed by atoms with Gasteiger partial charge in [-0.3, -0.25) is 4.72 Å². The Bertz CT molecular complexity index is 764. The number of benzene rings is 2. The molecule has 2 aromatic carbocycles. The first kappa shape index (κ1) is 13.2. The second kappa shape index (κ2) is 4.63. The second-order valence-corrected chi connectivity index (χ2v) is 7.64. The highest BCUT2D eigenvalue weighted by Gasteiger charge is 2.20. The summed E-state index contributed by atoms with van der Waals surface area (Å²) in [5.41, 5.74) is 5.57. The molecule has 0 heterocycles. The van der Waals surface area contributed by atoms with Crippen molar-refractivity contribution in [3.05, 3.63) is 53.6 Å². The highest BCUT2D eigenvalue weighted by Crippen LogP contribution is 2.37. The Morgan fingerprint density at radius 1 is 1.00 bits per heavy atom. The summed E-state index contributed by atoms with van der Waals surface area (Å²) in [4.78, 5) is 0. The monoisotopic (exact) mass is 287 g/mol. The molecule has 0 aromatic heterocycles. The van der Waals surface area contributed by atoms with Crippen molar-refractivity contribution in [2.24, 2.45) is 0 Å². The van der Waals surface area contributed by atoms with Crippen molar-refractivity contribution in [1.29, 1.82) is 0 Å². The molecule has 0 unspecified atom stereocenters. The average molecular weight is 287 g/mol. The minimum absolute atomic E-state index is 0.437. The first-order valence-electron chi connectivity index (χ1n) is 6.70. The van der Waals surface area contributed by atoms with E-state index in [4.69, 9.17) is 0 Å². The summed E-state index contributed by atoms with van der Waals surface area (Å²) in [6.07, 6.45) is 0.864. The van der Waals surface area contributed by atoms with Gasteiger partial charge in [-0.2, -0.15) is 0 Å². The summed E-state index contributed by atoms with van der Waals surface area (Å²) in [5.74, 6) is 0. The van der Waals surface area contributed by atoms with Crippen LogP contribution >= 0.6 is 0 Å². The van der Waals surface area contributed by atoms with Crippen molar-refractivity contribution >= 4 is 15.7 Å². The van der Waals surface area contributed by atoms with Gasteiger partial charge in [-0.1, -0.05) is 30.3 Å². The molecular formula is C16H17NO2S. The van der Waals surface area contributed by atoms with Crippen LogP contribution in [0.3, 0.4) is 0 Å². The number of hydrogen-bond acceptors (Lipinski definition) is 2. The normalized spacial score (nSPS) is 13.2. The van der Waals surface area contributed by atoms with Gasteiger partial charge in [0.25, 0.3) is 0 Å². The predicted octanol–water partition coefficient (Wildman–Crippen LogP) is 3.41. The van der Waals surface area contributed by atoms with E-state index >= 15 is 0 Å². The van der Waals surface area contributed by atoms with Gasteiger partial charge in [-0.05, 0) is 54.7 Å². The Morgan fingerprint density at radius 3 is 2.45 bits per heavy atom. The molecule has 0 fully saturated rings. The number of hydrogen-bond donors (Lipinski definition) is 1. The molecule has 3 rings (SSSR count). The number of fused-ring (bicyclic) bond motifs is 3. The molecule has 20 heavy (non-hydrogen) atoms. The van der Waals surface area contributed by atoms with Crippen molar-refractivity contribution in [1.82, 2.24) is 0 Å². The van der Waals surface area contributed by atoms with E-state index in [-0.39, 0.29) is 0 Å². The van der Waals surface area contributed by atoms with Crippen LogP contribution in [0.2, 0.25) is 0 Å². The quantitative estimate of drug-likeness (QED) is 0.802. The first-order chi connectivity index (χ1) is 9.47. The molecular weight excluding hydrogens is 270 g/mol. The fourth-order valence-corrected chi connectivity index (χ4v) is 3.18. The molecule has 0 amide bonds. The van der Waals surface area contributed by atoms with Crippen LogP contribution in [-0.4, -0.2) is 13.7 Å². The molecule has 0 radical (unpaired) electrons. The Morgan fingerprint density at radius 2 is 1.70 bits per heavy atom. The Labute approximate surface area is 119 Å². The fourth-order valence-electron chi connectivity index (χ4n) is 2.49. The molecule has 1 aliphatic carbocycles. The van der Waals surface area contributed by atoms with Crippen molar-refractivity contribution < 1.29 is 8.42 Å². The van der Waals surface area contributed by atoms with E-state index in [0.29, 0.717) is 5.69 Å². The molecule has 1 N–H and O–H groups in total. The molecule has 1 aliphatic rings. The van der Waals surface area contributed by atoms with E-state index in [0.717, 1.165) is 6.42 Å². The van der Waals surface area contributed by atoms with E-state index < -0.39 is 15.3 Å². The maximum atomic E-state index is 11.9. The molecule has 0 saturated heterocycles. The van der Waals surface area contributed by atoms with E-state index in [1.165, 1.54) is 22.3 Å². The summed E-state index contributed by atoms with van der Waals surface area (Å²) in [7, 11) is -3.29. The van der Waals surface area contributed by atoms with Gasteiger partial charge < -0.3 is 0 Å². The third-order valence-electron chi connectivity index (χ3n) is 3.67. The van der Waals surface area contributed by atoms with Gasteiger partial charge in [0, 0.05) is 5.69 Å². The second-order valence-electron chi connectivity index (χ2n) is 5.40. The lowest BCUT2D eigenvalue weighted by molar-refractivity contribution is 0.593. The smallest absolute Gasteiger partial charge is 0.235 e. The Hall–Kier alpha value is -1.81. The number of rotatable bonds is 3. The average Bonchev–Trinajstić information content (AvgIpc) is 2.75.